The summed E-state index contributed by atoms with van der Waals surface area (Å²) in [6, 6.07) is 0.176. The predicted molar refractivity (Wildman–Crippen MR) is 62.4 cm³/mol. The molecule has 0 N–H and O–H groups in total. The molecule has 1 aliphatic carbocycles. The number of hydrogen-bond acceptors (Lipinski definition) is 2. The van der Waals surface area contributed by atoms with Crippen molar-refractivity contribution >= 4 is 6.03 Å². The van der Waals surface area contributed by atoms with Crippen LogP contribution in [0, 0.1) is 5.92 Å². The molecule has 92 valence electrons. The number of amides is 2. The standard InChI is InChI=1S/C12H22N2O2/c1-13(10-11-4-2-3-5-11)12(15)14-6-8-16-9-7-14/h11H,2-10H2,1H3. The molecular formula is C12H22N2O2. The Balaban J connectivity index is 1.78. The first-order valence-corrected chi connectivity index (χ1v) is 6.35. The molecule has 1 heterocycles. The van der Waals surface area contributed by atoms with Crippen LogP contribution in [0.15, 0.2) is 0 Å². The van der Waals surface area contributed by atoms with Crippen molar-refractivity contribution in [2.75, 3.05) is 39.9 Å². The molecule has 0 aromatic rings. The first kappa shape index (κ1) is 11.7. The highest BCUT2D eigenvalue weighted by Crippen LogP contribution is 2.25. The second-order valence-electron chi connectivity index (χ2n) is 4.91. The zero-order chi connectivity index (χ0) is 11.4. The second-order valence-corrected chi connectivity index (χ2v) is 4.91. The molecule has 4 heteroatoms. The number of morpholine rings is 1. The average molecular weight is 226 g/mol. The second kappa shape index (κ2) is 5.53. The number of hydrogen-bond donors (Lipinski definition) is 0. The third kappa shape index (κ3) is 2.88. The van der Waals surface area contributed by atoms with Crippen molar-refractivity contribution in [3.05, 3.63) is 0 Å². The Morgan fingerprint density at radius 1 is 1.31 bits per heavy atom. The molecule has 2 fully saturated rings. The van der Waals surface area contributed by atoms with Gasteiger partial charge in [0.2, 0.25) is 0 Å². The molecule has 0 atom stereocenters. The Hall–Kier alpha value is -0.770. The molecule has 0 bridgehead atoms. The number of urea groups is 1. The molecule has 1 saturated carbocycles. The maximum atomic E-state index is 12.1. The van der Waals surface area contributed by atoms with Gasteiger partial charge in [-0.3, -0.25) is 0 Å². The minimum absolute atomic E-state index is 0.176. The van der Waals surface area contributed by atoms with E-state index in [9.17, 15) is 4.79 Å². The molecule has 0 radical (unpaired) electrons. The van der Waals surface area contributed by atoms with Crippen LogP contribution in [0.25, 0.3) is 0 Å². The fourth-order valence-electron chi connectivity index (χ4n) is 2.65. The summed E-state index contributed by atoms with van der Waals surface area (Å²) in [7, 11) is 1.93. The monoisotopic (exact) mass is 226 g/mol. The number of rotatable bonds is 2. The highest BCUT2D eigenvalue weighted by atomic mass is 16.5. The Labute approximate surface area is 97.5 Å². The van der Waals surface area contributed by atoms with Gasteiger partial charge < -0.3 is 14.5 Å². The van der Waals surface area contributed by atoms with Gasteiger partial charge >= 0.3 is 6.03 Å². The molecular weight excluding hydrogens is 204 g/mol. The maximum Gasteiger partial charge on any atom is 0.319 e. The lowest BCUT2D eigenvalue weighted by Crippen LogP contribution is -2.47. The Kier molecular flexibility index (Phi) is 4.04. The lowest BCUT2D eigenvalue weighted by molar-refractivity contribution is 0.0443. The van der Waals surface area contributed by atoms with Crippen LogP contribution in [0.2, 0.25) is 0 Å². The summed E-state index contributed by atoms with van der Waals surface area (Å²) in [5.74, 6) is 0.731. The zero-order valence-electron chi connectivity index (χ0n) is 10.2. The summed E-state index contributed by atoms with van der Waals surface area (Å²) < 4.78 is 5.25. The van der Waals surface area contributed by atoms with Crippen LogP contribution in [-0.2, 0) is 4.74 Å². The van der Waals surface area contributed by atoms with Gasteiger partial charge in [-0.1, -0.05) is 12.8 Å². The van der Waals surface area contributed by atoms with E-state index >= 15 is 0 Å². The number of nitrogens with zero attached hydrogens (tertiary/aromatic N) is 2. The van der Waals surface area contributed by atoms with Crippen LogP contribution < -0.4 is 0 Å². The van der Waals surface area contributed by atoms with E-state index in [0.717, 1.165) is 25.6 Å². The van der Waals surface area contributed by atoms with Crippen molar-refractivity contribution in [2.24, 2.45) is 5.92 Å². The molecule has 0 aromatic carbocycles. The molecule has 2 rings (SSSR count). The van der Waals surface area contributed by atoms with Crippen molar-refractivity contribution in [3.8, 4) is 0 Å². The minimum atomic E-state index is 0.176. The van der Waals surface area contributed by atoms with Gasteiger partial charge in [0.1, 0.15) is 0 Å². The fraction of sp³-hybridized carbons (Fsp3) is 0.917. The Morgan fingerprint density at radius 2 is 1.94 bits per heavy atom. The molecule has 0 aromatic heterocycles. The highest BCUT2D eigenvalue weighted by molar-refractivity contribution is 5.74. The Bertz CT molecular complexity index is 233. The molecule has 2 aliphatic rings. The van der Waals surface area contributed by atoms with Crippen molar-refractivity contribution in [1.29, 1.82) is 0 Å². The van der Waals surface area contributed by atoms with Gasteiger partial charge in [0.15, 0.2) is 0 Å². The van der Waals surface area contributed by atoms with E-state index < -0.39 is 0 Å². The third-order valence-electron chi connectivity index (χ3n) is 3.61. The van der Waals surface area contributed by atoms with Gasteiger partial charge in [-0.2, -0.15) is 0 Å². The van der Waals surface area contributed by atoms with E-state index in [2.05, 4.69) is 0 Å². The highest BCUT2D eigenvalue weighted by Gasteiger charge is 2.23. The topological polar surface area (TPSA) is 32.8 Å². The number of ether oxygens (including phenoxy) is 1. The number of carbonyl (C=O) groups is 1. The molecule has 0 unspecified atom stereocenters. The summed E-state index contributed by atoms with van der Waals surface area (Å²) in [4.78, 5) is 15.9. The predicted octanol–water partition coefficient (Wildman–Crippen LogP) is 1.56. The third-order valence-corrected chi connectivity index (χ3v) is 3.61. The van der Waals surface area contributed by atoms with Gasteiger partial charge in [0.25, 0.3) is 0 Å². The maximum absolute atomic E-state index is 12.1. The van der Waals surface area contributed by atoms with E-state index in [1.54, 1.807) is 0 Å². The smallest absolute Gasteiger partial charge is 0.319 e. The van der Waals surface area contributed by atoms with E-state index in [1.165, 1.54) is 25.7 Å². The molecule has 1 aliphatic heterocycles. The molecule has 2 amide bonds. The van der Waals surface area contributed by atoms with Crippen molar-refractivity contribution in [2.45, 2.75) is 25.7 Å². The largest absolute Gasteiger partial charge is 0.378 e. The van der Waals surface area contributed by atoms with E-state index in [4.69, 9.17) is 4.74 Å². The van der Waals surface area contributed by atoms with Gasteiger partial charge in [-0.05, 0) is 18.8 Å². The van der Waals surface area contributed by atoms with Gasteiger partial charge in [-0.25, -0.2) is 4.79 Å². The van der Waals surface area contributed by atoms with Crippen molar-refractivity contribution < 1.29 is 9.53 Å². The summed E-state index contributed by atoms with van der Waals surface area (Å²) in [6.07, 6.45) is 5.26. The molecule has 4 nitrogen and oxygen atoms in total. The summed E-state index contributed by atoms with van der Waals surface area (Å²) >= 11 is 0. The van der Waals surface area contributed by atoms with Crippen molar-refractivity contribution in [1.82, 2.24) is 9.80 Å². The normalized spacial score (nSPS) is 22.4. The average Bonchev–Trinajstić information content (AvgIpc) is 2.82. The zero-order valence-corrected chi connectivity index (χ0v) is 10.2. The first-order chi connectivity index (χ1) is 7.77. The van der Waals surface area contributed by atoms with Crippen LogP contribution in [-0.4, -0.2) is 55.7 Å². The summed E-state index contributed by atoms with van der Waals surface area (Å²) in [5.41, 5.74) is 0. The van der Waals surface area contributed by atoms with Gasteiger partial charge in [-0.15, -0.1) is 0 Å². The van der Waals surface area contributed by atoms with Gasteiger partial charge in [0.05, 0.1) is 13.2 Å². The SMILES string of the molecule is CN(CC1CCCC1)C(=O)N1CCOCC1. The fourth-order valence-corrected chi connectivity index (χ4v) is 2.65. The van der Waals surface area contributed by atoms with E-state index in [0.29, 0.717) is 13.2 Å². The summed E-state index contributed by atoms with van der Waals surface area (Å²) in [5, 5.41) is 0. The van der Waals surface area contributed by atoms with E-state index in [1.807, 2.05) is 16.8 Å². The number of carbonyl (C=O) groups excluding carboxylic acids is 1. The molecule has 1 saturated heterocycles. The van der Waals surface area contributed by atoms with Crippen LogP contribution in [0.4, 0.5) is 4.79 Å². The lowest BCUT2D eigenvalue weighted by atomic mass is 10.1. The van der Waals surface area contributed by atoms with Crippen LogP contribution >= 0.6 is 0 Å². The summed E-state index contributed by atoms with van der Waals surface area (Å²) in [6.45, 7) is 3.78. The molecule has 16 heavy (non-hydrogen) atoms. The van der Waals surface area contributed by atoms with Crippen LogP contribution in [0.5, 0.6) is 0 Å². The minimum Gasteiger partial charge on any atom is -0.378 e. The van der Waals surface area contributed by atoms with Crippen LogP contribution in [0.1, 0.15) is 25.7 Å². The first-order valence-electron chi connectivity index (χ1n) is 6.35. The molecule has 0 spiro atoms. The quantitative estimate of drug-likeness (QED) is 0.716. The van der Waals surface area contributed by atoms with E-state index in [-0.39, 0.29) is 6.03 Å². The Morgan fingerprint density at radius 3 is 2.56 bits per heavy atom. The van der Waals surface area contributed by atoms with Crippen LogP contribution in [0.3, 0.4) is 0 Å². The van der Waals surface area contributed by atoms with Crippen molar-refractivity contribution in [3.63, 3.8) is 0 Å². The lowest BCUT2D eigenvalue weighted by Gasteiger charge is -2.32. The van der Waals surface area contributed by atoms with Gasteiger partial charge in [0, 0.05) is 26.7 Å².